The molecule has 33 heavy (non-hydrogen) atoms. The van der Waals surface area contributed by atoms with E-state index in [9.17, 15) is 14.7 Å². The van der Waals surface area contributed by atoms with Crippen LogP contribution in [0.25, 0.3) is 0 Å². The van der Waals surface area contributed by atoms with Crippen molar-refractivity contribution in [3.05, 3.63) is 89.5 Å². The highest BCUT2D eigenvalue weighted by Gasteiger charge is 2.58. The number of nitrogens with zero attached hydrogens (tertiary/aromatic N) is 1. The third-order valence-electron chi connectivity index (χ3n) is 6.97. The SMILES string of the molecule is CCC1(N2C(=O)C(O)(CC(=O)c3cccc(OC)c3)c3ccccc32)CNc2ccccc21. The second-order valence-corrected chi connectivity index (χ2v) is 8.63. The molecule has 2 unspecified atom stereocenters. The van der Waals surface area contributed by atoms with Gasteiger partial charge in [-0.05, 0) is 30.7 Å². The largest absolute Gasteiger partial charge is 0.497 e. The summed E-state index contributed by atoms with van der Waals surface area (Å²) in [6, 6.07) is 21.9. The molecule has 0 bridgehead atoms. The third-order valence-corrected chi connectivity index (χ3v) is 6.97. The molecule has 2 aliphatic rings. The maximum absolute atomic E-state index is 14.0. The number of carbonyl (C=O) groups is 2. The Bertz CT molecular complexity index is 1260. The van der Waals surface area contributed by atoms with E-state index < -0.39 is 17.0 Å². The maximum Gasteiger partial charge on any atom is 0.265 e. The molecule has 3 aromatic rings. The zero-order valence-corrected chi connectivity index (χ0v) is 18.7. The number of anilines is 2. The number of fused-ring (bicyclic) bond motifs is 2. The van der Waals surface area contributed by atoms with Crippen LogP contribution < -0.4 is 15.0 Å². The first-order valence-corrected chi connectivity index (χ1v) is 11.1. The first kappa shape index (κ1) is 21.2. The van der Waals surface area contributed by atoms with Crippen LogP contribution in [0, 0.1) is 0 Å². The minimum Gasteiger partial charge on any atom is -0.497 e. The fourth-order valence-corrected chi connectivity index (χ4v) is 5.21. The molecule has 3 aromatic carbocycles. The molecule has 0 saturated heterocycles. The van der Waals surface area contributed by atoms with E-state index in [2.05, 4.69) is 5.32 Å². The lowest BCUT2D eigenvalue weighted by molar-refractivity contribution is -0.137. The minimum absolute atomic E-state index is 0.322. The molecule has 2 atom stereocenters. The van der Waals surface area contributed by atoms with Crippen molar-refractivity contribution >= 4 is 23.1 Å². The Hall–Kier alpha value is -3.64. The van der Waals surface area contributed by atoms with Gasteiger partial charge in [0.05, 0.1) is 24.8 Å². The zero-order chi connectivity index (χ0) is 23.2. The molecular formula is C27H26N2O4. The zero-order valence-electron chi connectivity index (χ0n) is 18.7. The van der Waals surface area contributed by atoms with Crippen LogP contribution in [0.4, 0.5) is 11.4 Å². The van der Waals surface area contributed by atoms with E-state index in [4.69, 9.17) is 4.74 Å². The van der Waals surface area contributed by atoms with Gasteiger partial charge in [0.25, 0.3) is 5.91 Å². The molecule has 0 aliphatic carbocycles. The van der Waals surface area contributed by atoms with Gasteiger partial charge >= 0.3 is 0 Å². The average Bonchev–Trinajstić information content (AvgIpc) is 3.33. The summed E-state index contributed by atoms with van der Waals surface area (Å²) in [4.78, 5) is 28.9. The summed E-state index contributed by atoms with van der Waals surface area (Å²) in [5.41, 5.74) is 0.882. The maximum atomic E-state index is 14.0. The monoisotopic (exact) mass is 442 g/mol. The molecule has 2 aliphatic heterocycles. The molecule has 5 rings (SSSR count). The van der Waals surface area contributed by atoms with E-state index in [0.29, 0.717) is 35.5 Å². The molecule has 0 radical (unpaired) electrons. The highest BCUT2D eigenvalue weighted by Crippen LogP contribution is 2.52. The van der Waals surface area contributed by atoms with E-state index in [0.717, 1.165) is 11.3 Å². The molecular weight excluding hydrogens is 416 g/mol. The van der Waals surface area contributed by atoms with E-state index in [1.807, 2.05) is 43.3 Å². The molecule has 1 amide bonds. The van der Waals surface area contributed by atoms with Gasteiger partial charge in [-0.25, -0.2) is 0 Å². The topological polar surface area (TPSA) is 78.9 Å². The number of hydrogen-bond donors (Lipinski definition) is 2. The Kier molecular flexibility index (Phi) is 4.98. The molecule has 0 spiro atoms. The lowest BCUT2D eigenvalue weighted by atomic mass is 9.86. The smallest absolute Gasteiger partial charge is 0.265 e. The first-order valence-electron chi connectivity index (χ1n) is 11.1. The minimum atomic E-state index is -1.95. The van der Waals surface area contributed by atoms with Gasteiger partial charge in [-0.3, -0.25) is 14.5 Å². The van der Waals surface area contributed by atoms with Gasteiger partial charge < -0.3 is 15.2 Å². The standard InChI is InChI=1S/C27H26N2O4/c1-3-26(17-28-22-13-6-4-11-20(22)26)29-23-14-7-5-12-21(23)27(32,25(29)31)16-24(30)18-9-8-10-19(15-18)33-2/h4-15,28,32H,3,16-17H2,1-2H3. The van der Waals surface area contributed by atoms with Crippen LogP contribution in [0.5, 0.6) is 5.75 Å². The van der Waals surface area contributed by atoms with Gasteiger partial charge in [0.15, 0.2) is 11.4 Å². The van der Waals surface area contributed by atoms with Gasteiger partial charge in [0, 0.05) is 28.9 Å². The highest BCUT2D eigenvalue weighted by molar-refractivity contribution is 6.12. The summed E-state index contributed by atoms with van der Waals surface area (Å²) in [6.45, 7) is 2.57. The number of amides is 1. The van der Waals surface area contributed by atoms with Crippen molar-refractivity contribution in [2.24, 2.45) is 0 Å². The molecule has 6 nitrogen and oxygen atoms in total. The number of ketones is 1. The Morgan fingerprint density at radius 3 is 2.55 bits per heavy atom. The van der Waals surface area contributed by atoms with Crippen LogP contribution in [-0.2, 0) is 15.9 Å². The van der Waals surface area contributed by atoms with E-state index >= 15 is 0 Å². The van der Waals surface area contributed by atoms with Gasteiger partial charge in [-0.1, -0.05) is 55.5 Å². The van der Waals surface area contributed by atoms with E-state index in [1.54, 1.807) is 41.3 Å². The van der Waals surface area contributed by atoms with Crippen LogP contribution >= 0.6 is 0 Å². The van der Waals surface area contributed by atoms with Crippen molar-refractivity contribution in [2.45, 2.75) is 30.9 Å². The van der Waals surface area contributed by atoms with Crippen LogP contribution in [-0.4, -0.2) is 30.5 Å². The Labute approximate surface area is 192 Å². The van der Waals surface area contributed by atoms with E-state index in [1.165, 1.54) is 7.11 Å². The fraction of sp³-hybridized carbons (Fsp3) is 0.259. The second kappa shape index (κ2) is 7.74. The van der Waals surface area contributed by atoms with Crippen molar-refractivity contribution in [2.75, 3.05) is 23.9 Å². The molecule has 2 heterocycles. The normalized spacial score (nSPS) is 23.1. The first-order chi connectivity index (χ1) is 15.9. The number of Topliss-reactive ketones (excluding diaryl/α,β-unsaturated/α-hetero) is 1. The van der Waals surface area contributed by atoms with Crippen molar-refractivity contribution in [1.29, 1.82) is 0 Å². The molecule has 6 heteroatoms. The number of carbonyl (C=O) groups excluding carboxylic acids is 2. The summed E-state index contributed by atoms with van der Waals surface area (Å²) < 4.78 is 5.23. The summed E-state index contributed by atoms with van der Waals surface area (Å²) in [5.74, 6) is -0.247. The summed E-state index contributed by atoms with van der Waals surface area (Å²) in [7, 11) is 1.53. The lowest BCUT2D eigenvalue weighted by Crippen LogP contribution is -2.53. The predicted octanol–water partition coefficient (Wildman–Crippen LogP) is 4.23. The number of hydrogen-bond acceptors (Lipinski definition) is 5. The quantitative estimate of drug-likeness (QED) is 0.559. The number of methoxy groups -OCH3 is 1. The van der Waals surface area contributed by atoms with Crippen molar-refractivity contribution in [3.63, 3.8) is 0 Å². The predicted molar refractivity (Wildman–Crippen MR) is 127 cm³/mol. The second-order valence-electron chi connectivity index (χ2n) is 8.63. The number of para-hydroxylation sites is 2. The number of nitrogens with one attached hydrogen (secondary N) is 1. The summed E-state index contributed by atoms with van der Waals surface area (Å²) >= 11 is 0. The van der Waals surface area contributed by atoms with Gasteiger partial charge in [0.1, 0.15) is 5.75 Å². The van der Waals surface area contributed by atoms with Crippen molar-refractivity contribution in [1.82, 2.24) is 0 Å². The molecule has 2 N–H and O–H groups in total. The fourth-order valence-electron chi connectivity index (χ4n) is 5.21. The van der Waals surface area contributed by atoms with Gasteiger partial charge in [-0.2, -0.15) is 0 Å². The average molecular weight is 443 g/mol. The van der Waals surface area contributed by atoms with Crippen LogP contribution in [0.1, 0.15) is 41.3 Å². The van der Waals surface area contributed by atoms with Crippen LogP contribution in [0.3, 0.4) is 0 Å². The molecule has 0 saturated carbocycles. The summed E-state index contributed by atoms with van der Waals surface area (Å²) in [6.07, 6.45) is 0.304. The van der Waals surface area contributed by atoms with Crippen LogP contribution in [0.15, 0.2) is 72.8 Å². The number of rotatable bonds is 6. The Balaban J connectivity index is 1.59. The number of aliphatic hydroxyl groups is 1. The van der Waals surface area contributed by atoms with Crippen molar-refractivity contribution in [3.8, 4) is 5.75 Å². The Morgan fingerprint density at radius 1 is 1.06 bits per heavy atom. The summed E-state index contributed by atoms with van der Waals surface area (Å²) in [5, 5.41) is 15.2. The van der Waals surface area contributed by atoms with Crippen molar-refractivity contribution < 1.29 is 19.4 Å². The van der Waals surface area contributed by atoms with Gasteiger partial charge in [0.2, 0.25) is 0 Å². The van der Waals surface area contributed by atoms with Gasteiger partial charge in [-0.15, -0.1) is 0 Å². The number of ether oxygens (including phenoxy) is 1. The van der Waals surface area contributed by atoms with E-state index in [-0.39, 0.29) is 12.2 Å². The Morgan fingerprint density at radius 2 is 1.79 bits per heavy atom. The number of benzene rings is 3. The molecule has 0 aromatic heterocycles. The lowest BCUT2D eigenvalue weighted by Gasteiger charge is -2.39. The molecule has 0 fully saturated rings. The third kappa shape index (κ3) is 3.05. The highest BCUT2D eigenvalue weighted by atomic mass is 16.5. The van der Waals surface area contributed by atoms with Crippen LogP contribution in [0.2, 0.25) is 0 Å². The molecule has 168 valence electrons.